The van der Waals surface area contributed by atoms with Crippen LogP contribution in [0.1, 0.15) is 25.8 Å². The highest BCUT2D eigenvalue weighted by molar-refractivity contribution is 5.67. The van der Waals surface area contributed by atoms with E-state index in [4.69, 9.17) is 30.1 Å². The molecule has 1 aliphatic carbocycles. The third-order valence-electron chi connectivity index (χ3n) is 8.86. The summed E-state index contributed by atoms with van der Waals surface area (Å²) in [5.41, 5.74) is 0.766. The maximum atomic E-state index is 12.3. The van der Waals surface area contributed by atoms with E-state index in [-0.39, 0.29) is 19.7 Å². The molecule has 6 unspecified atom stereocenters. The van der Waals surface area contributed by atoms with E-state index in [9.17, 15) is 40.5 Å². The molecule has 4 rings (SSSR count). The van der Waals surface area contributed by atoms with Crippen molar-refractivity contribution in [3.8, 4) is 12.3 Å². The van der Waals surface area contributed by atoms with Gasteiger partial charge in [-0.05, 0) is 17.9 Å². The van der Waals surface area contributed by atoms with Crippen molar-refractivity contribution in [1.29, 1.82) is 0 Å². The van der Waals surface area contributed by atoms with Gasteiger partial charge in [-0.25, -0.2) is 4.79 Å². The number of hydrogen-bond donors (Lipinski definition) is 9. The summed E-state index contributed by atoms with van der Waals surface area (Å²) < 4.78 is 28.7. The van der Waals surface area contributed by atoms with Crippen LogP contribution in [0.25, 0.3) is 0 Å². The number of alkyl carbamates (subject to hydrolysis) is 1. The number of nitrogens with one attached hydrogen (secondary N) is 2. The Kier molecular flexibility index (Phi) is 13.1. The fourth-order valence-corrected chi connectivity index (χ4v) is 6.06. The Bertz CT molecular complexity index is 1140. The monoisotopic (exact) mass is 654 g/mol. The minimum Gasteiger partial charge on any atom is -0.445 e. The third-order valence-corrected chi connectivity index (χ3v) is 8.86. The van der Waals surface area contributed by atoms with Crippen molar-refractivity contribution < 1.29 is 64.2 Å². The summed E-state index contributed by atoms with van der Waals surface area (Å²) in [6.07, 6.45) is -11.2. The van der Waals surface area contributed by atoms with Gasteiger partial charge in [0.15, 0.2) is 12.6 Å². The molecule has 46 heavy (non-hydrogen) atoms. The molecule has 15 nitrogen and oxygen atoms in total. The van der Waals surface area contributed by atoms with Gasteiger partial charge in [0.2, 0.25) is 0 Å². The molecule has 15 heteroatoms. The summed E-state index contributed by atoms with van der Waals surface area (Å²) in [6, 6.07) is 8.45. The van der Waals surface area contributed by atoms with E-state index >= 15 is 0 Å². The van der Waals surface area contributed by atoms with Crippen LogP contribution in [0, 0.1) is 24.2 Å². The van der Waals surface area contributed by atoms with Gasteiger partial charge in [-0.15, -0.1) is 6.42 Å². The average molecular weight is 655 g/mol. The number of hydrogen-bond acceptors (Lipinski definition) is 14. The predicted octanol–water partition coefficient (Wildman–Crippen LogP) is -2.44. The van der Waals surface area contributed by atoms with Gasteiger partial charge in [-0.2, -0.15) is 0 Å². The Morgan fingerprint density at radius 3 is 2.22 bits per heavy atom. The van der Waals surface area contributed by atoms with Gasteiger partial charge in [0.05, 0.1) is 25.4 Å². The number of carbonyl (C=O) groups is 1. The van der Waals surface area contributed by atoms with E-state index in [0.717, 1.165) is 5.56 Å². The van der Waals surface area contributed by atoms with Gasteiger partial charge in [0.25, 0.3) is 0 Å². The van der Waals surface area contributed by atoms with Gasteiger partial charge < -0.3 is 70.1 Å². The second-order valence-electron chi connectivity index (χ2n) is 12.1. The Morgan fingerprint density at radius 1 is 0.891 bits per heavy atom. The molecule has 1 saturated carbocycles. The number of benzene rings is 1. The molecule has 1 aromatic rings. The van der Waals surface area contributed by atoms with E-state index < -0.39 is 104 Å². The summed E-state index contributed by atoms with van der Waals surface area (Å²) in [7, 11) is 0. The number of carbonyl (C=O) groups excluding carboxylic acids is 1. The van der Waals surface area contributed by atoms with Crippen molar-refractivity contribution >= 4 is 6.09 Å². The van der Waals surface area contributed by atoms with Gasteiger partial charge in [-0.1, -0.05) is 50.1 Å². The van der Waals surface area contributed by atoms with Gasteiger partial charge >= 0.3 is 6.09 Å². The molecule has 0 radical (unpaired) electrons. The molecule has 1 amide bonds. The van der Waals surface area contributed by atoms with Crippen molar-refractivity contribution in [2.24, 2.45) is 11.8 Å². The zero-order valence-electron chi connectivity index (χ0n) is 25.7. The number of amides is 1. The highest BCUT2D eigenvalue weighted by atomic mass is 16.7. The SMILES string of the molecule is C#CCN[C@@H]1CC(C)[C@@H](O[C@H]2OC(CNC(=O)OCc3ccccc3)[C@@H](O)[C@H](O)C2O)[C@H](O)C1OC1O[C@H](CO)C(O)[C@@H](C)[C@H]1O. The van der Waals surface area contributed by atoms with Crippen molar-refractivity contribution in [3.05, 3.63) is 35.9 Å². The number of rotatable bonds is 11. The van der Waals surface area contributed by atoms with Crippen LogP contribution in [-0.4, -0.2) is 141 Å². The molecule has 0 bridgehead atoms. The number of aliphatic hydroxyl groups excluding tert-OH is 7. The lowest BCUT2D eigenvalue weighted by Gasteiger charge is -2.49. The van der Waals surface area contributed by atoms with Crippen LogP contribution in [0.4, 0.5) is 4.79 Å². The molecular weight excluding hydrogens is 608 g/mol. The largest absolute Gasteiger partial charge is 0.445 e. The van der Waals surface area contributed by atoms with E-state index in [2.05, 4.69) is 16.6 Å². The molecule has 0 spiro atoms. The fourth-order valence-electron chi connectivity index (χ4n) is 6.06. The number of ether oxygens (including phenoxy) is 5. The van der Waals surface area contributed by atoms with Gasteiger partial charge in [0, 0.05) is 18.5 Å². The zero-order valence-corrected chi connectivity index (χ0v) is 25.7. The van der Waals surface area contributed by atoms with Crippen molar-refractivity contribution in [2.75, 3.05) is 19.7 Å². The lowest BCUT2D eigenvalue weighted by atomic mass is 9.79. The summed E-state index contributed by atoms with van der Waals surface area (Å²) in [4.78, 5) is 12.3. The van der Waals surface area contributed by atoms with Crippen LogP contribution >= 0.6 is 0 Å². The van der Waals surface area contributed by atoms with Gasteiger partial charge in [-0.3, -0.25) is 0 Å². The molecule has 2 heterocycles. The Morgan fingerprint density at radius 2 is 1.54 bits per heavy atom. The highest BCUT2D eigenvalue weighted by Crippen LogP contribution is 2.35. The van der Waals surface area contributed by atoms with Crippen LogP contribution in [0.3, 0.4) is 0 Å². The lowest BCUT2D eigenvalue weighted by Crippen LogP contribution is -2.65. The quantitative estimate of drug-likeness (QED) is 0.113. The molecule has 0 aromatic heterocycles. The highest BCUT2D eigenvalue weighted by Gasteiger charge is 2.52. The van der Waals surface area contributed by atoms with Crippen molar-refractivity contribution in [2.45, 2.75) is 107 Å². The van der Waals surface area contributed by atoms with Crippen molar-refractivity contribution in [1.82, 2.24) is 10.6 Å². The summed E-state index contributed by atoms with van der Waals surface area (Å²) in [5.74, 6) is 1.36. The molecular formula is C31H46N2O13. The van der Waals surface area contributed by atoms with Gasteiger partial charge in [0.1, 0.15) is 55.4 Å². The zero-order chi connectivity index (χ0) is 33.5. The van der Waals surface area contributed by atoms with E-state index in [0.29, 0.717) is 6.42 Å². The van der Waals surface area contributed by atoms with Crippen LogP contribution in [0.5, 0.6) is 0 Å². The van der Waals surface area contributed by atoms with Crippen LogP contribution in [0.2, 0.25) is 0 Å². The third kappa shape index (κ3) is 8.53. The normalized spacial score (nSPS) is 41.3. The molecule has 2 aliphatic heterocycles. The number of terminal acetylenes is 1. The fraction of sp³-hybridized carbons (Fsp3) is 0.710. The van der Waals surface area contributed by atoms with Crippen molar-refractivity contribution in [3.63, 3.8) is 0 Å². The first-order valence-corrected chi connectivity index (χ1v) is 15.4. The molecule has 2 saturated heterocycles. The molecule has 3 aliphatic rings. The van der Waals surface area contributed by atoms with E-state index in [1.54, 1.807) is 38.1 Å². The Balaban J connectivity index is 1.43. The Hall–Kier alpha value is -2.43. The maximum absolute atomic E-state index is 12.3. The van der Waals surface area contributed by atoms with E-state index in [1.165, 1.54) is 0 Å². The molecule has 258 valence electrons. The average Bonchev–Trinajstić information content (AvgIpc) is 3.05. The smallest absolute Gasteiger partial charge is 0.407 e. The first-order valence-electron chi connectivity index (χ1n) is 15.4. The topological polar surface area (TPSA) is 229 Å². The Labute approximate surface area is 267 Å². The predicted molar refractivity (Wildman–Crippen MR) is 158 cm³/mol. The summed E-state index contributed by atoms with van der Waals surface area (Å²) in [5, 5.41) is 79.8. The number of aliphatic hydroxyl groups is 7. The molecule has 1 aromatic carbocycles. The summed E-state index contributed by atoms with van der Waals surface area (Å²) in [6.45, 7) is 2.68. The molecule has 15 atom stereocenters. The first-order chi connectivity index (χ1) is 22.0. The standard InChI is InChI=1S/C31H46N2O13/c1-4-10-32-18-11-15(2)27(26(40)28(18)46-29-22(36)16(3)21(35)20(13-34)44-29)45-30-25(39)24(38)23(37)19(43-30)12-33-31(41)42-14-17-8-6-5-7-9-17/h1,5-9,15-16,18-30,32,34-40H,10-14H2,2-3H3,(H,33,41)/t15?,16-,18-,19?,20-,21?,22-,23-,24+,25?,26+,27-,28?,29?,30-/m1/s1. The van der Waals surface area contributed by atoms with Crippen LogP contribution in [0.15, 0.2) is 30.3 Å². The summed E-state index contributed by atoms with van der Waals surface area (Å²) >= 11 is 0. The minimum atomic E-state index is -1.72. The van der Waals surface area contributed by atoms with Crippen LogP contribution < -0.4 is 10.6 Å². The maximum Gasteiger partial charge on any atom is 0.407 e. The lowest BCUT2D eigenvalue weighted by molar-refractivity contribution is -0.339. The molecule has 9 N–H and O–H groups in total. The van der Waals surface area contributed by atoms with Crippen LogP contribution in [-0.2, 0) is 30.3 Å². The molecule has 3 fully saturated rings. The second kappa shape index (κ2) is 16.6. The first kappa shape index (κ1) is 36.4. The minimum absolute atomic E-state index is 0.00872. The van der Waals surface area contributed by atoms with E-state index in [1.807, 2.05) is 6.07 Å². The second-order valence-corrected chi connectivity index (χ2v) is 12.1.